The van der Waals surface area contributed by atoms with Crippen molar-refractivity contribution in [3.63, 3.8) is 0 Å². The number of benzene rings is 2. The number of rotatable bonds is 8. The summed E-state index contributed by atoms with van der Waals surface area (Å²) in [4.78, 5) is 28.5. The van der Waals surface area contributed by atoms with Crippen LogP contribution >= 0.6 is 11.8 Å². The van der Waals surface area contributed by atoms with E-state index in [2.05, 4.69) is 30.0 Å². The molecule has 2 aromatic rings. The summed E-state index contributed by atoms with van der Waals surface area (Å²) in [5.74, 6) is -1.07. The first-order valence-electron chi connectivity index (χ1n) is 10.1. The third-order valence-electron chi connectivity index (χ3n) is 4.72. The lowest BCUT2D eigenvalue weighted by Crippen LogP contribution is -2.23. The maximum atomic E-state index is 12.4. The largest absolute Gasteiger partial charge is 0.463 e. The first-order valence-corrected chi connectivity index (χ1v) is 10.9. The minimum Gasteiger partial charge on any atom is -0.463 e. The van der Waals surface area contributed by atoms with Crippen molar-refractivity contribution >= 4 is 35.1 Å². The molecule has 0 aromatic heterocycles. The maximum Gasteiger partial charge on any atom is 0.352 e. The molecule has 0 radical (unpaired) electrons. The summed E-state index contributed by atoms with van der Waals surface area (Å²) in [6, 6.07) is 14.1. The number of carbonyl (C=O) groups excluding carboxylic acids is 2. The van der Waals surface area contributed by atoms with Gasteiger partial charge in [-0.25, -0.2) is 4.79 Å². The van der Waals surface area contributed by atoms with Gasteiger partial charge in [-0.2, -0.15) is 0 Å². The molecule has 1 heterocycles. The van der Waals surface area contributed by atoms with E-state index in [1.54, 1.807) is 18.7 Å². The molecule has 0 unspecified atom stereocenters. The van der Waals surface area contributed by atoms with Gasteiger partial charge in [0.2, 0.25) is 6.10 Å². The fourth-order valence-electron chi connectivity index (χ4n) is 3.41. The summed E-state index contributed by atoms with van der Waals surface area (Å²) < 4.78 is 10.4. The molecule has 0 amide bonds. The van der Waals surface area contributed by atoms with E-state index in [1.165, 1.54) is 30.3 Å². The Hall–Kier alpha value is -2.47. The highest BCUT2D eigenvalue weighted by atomic mass is 32.2. The van der Waals surface area contributed by atoms with Crippen molar-refractivity contribution in [1.82, 2.24) is 0 Å². The van der Waals surface area contributed by atoms with Crippen LogP contribution in [0.1, 0.15) is 51.7 Å². The Morgan fingerprint density at radius 2 is 1.79 bits per heavy atom. The summed E-state index contributed by atoms with van der Waals surface area (Å²) in [5, 5.41) is 0. The van der Waals surface area contributed by atoms with Crippen LogP contribution in [-0.4, -0.2) is 25.1 Å². The summed E-state index contributed by atoms with van der Waals surface area (Å²) in [6.45, 7) is 6.39. The predicted octanol–water partition coefficient (Wildman–Crippen LogP) is 5.65. The molecule has 0 saturated heterocycles. The predicted molar refractivity (Wildman–Crippen MR) is 115 cm³/mol. The highest BCUT2D eigenvalue weighted by Crippen LogP contribution is 2.48. The van der Waals surface area contributed by atoms with Gasteiger partial charge in [0.05, 0.1) is 18.0 Å². The Balaban J connectivity index is 1.97. The number of para-hydroxylation sites is 1. The lowest BCUT2D eigenvalue weighted by molar-refractivity contribution is -0.167. The van der Waals surface area contributed by atoms with Crippen molar-refractivity contribution in [2.75, 3.05) is 18.1 Å². The van der Waals surface area contributed by atoms with Gasteiger partial charge in [0.25, 0.3) is 0 Å². The van der Waals surface area contributed by atoms with E-state index >= 15 is 0 Å². The van der Waals surface area contributed by atoms with Crippen molar-refractivity contribution in [2.45, 2.75) is 55.9 Å². The number of hydrogen-bond donors (Lipinski definition) is 0. The van der Waals surface area contributed by atoms with Crippen LogP contribution in [0.5, 0.6) is 0 Å². The topological polar surface area (TPSA) is 55.8 Å². The molecule has 6 heteroatoms. The standard InChI is InChI=1S/C23H27NO4S/c1-4-6-9-14-24-18-10-7-8-11-20(18)29-21-15-17(12-13-19(21)24)22(28-16(3)25)23(26)27-5-2/h7-8,10-13,15,22H,4-6,9,14H2,1-3H3/t22-/m1/s1. The number of unbranched alkanes of at least 4 members (excludes halogenated alkanes) is 2. The Bertz CT molecular complexity index is 883. The summed E-state index contributed by atoms with van der Waals surface area (Å²) >= 11 is 1.67. The van der Waals surface area contributed by atoms with Gasteiger partial charge in [-0.05, 0) is 37.6 Å². The lowest BCUT2D eigenvalue weighted by atomic mass is 10.1. The Morgan fingerprint density at radius 1 is 1.03 bits per heavy atom. The molecular formula is C23H27NO4S. The molecule has 0 spiro atoms. The average Bonchev–Trinajstić information content (AvgIpc) is 2.71. The minimum absolute atomic E-state index is 0.231. The van der Waals surface area contributed by atoms with E-state index in [1.807, 2.05) is 24.3 Å². The third-order valence-corrected chi connectivity index (χ3v) is 5.84. The van der Waals surface area contributed by atoms with Crippen LogP contribution in [0.2, 0.25) is 0 Å². The second-order valence-corrected chi connectivity index (χ2v) is 7.98. The molecule has 2 aromatic carbocycles. The highest BCUT2D eigenvalue weighted by Gasteiger charge is 2.29. The lowest BCUT2D eigenvalue weighted by Gasteiger charge is -2.33. The molecule has 0 saturated carbocycles. The average molecular weight is 414 g/mol. The van der Waals surface area contributed by atoms with Crippen molar-refractivity contribution < 1.29 is 19.1 Å². The summed E-state index contributed by atoms with van der Waals surface area (Å²) in [6.07, 6.45) is 2.40. The molecule has 1 aliphatic heterocycles. The normalized spacial score (nSPS) is 13.3. The first-order chi connectivity index (χ1) is 14.0. The molecule has 0 N–H and O–H groups in total. The van der Waals surface area contributed by atoms with Gasteiger partial charge in [-0.1, -0.05) is 49.7 Å². The zero-order valence-corrected chi connectivity index (χ0v) is 18.0. The Kier molecular flexibility index (Phi) is 7.20. The molecule has 0 aliphatic carbocycles. The highest BCUT2D eigenvalue weighted by molar-refractivity contribution is 7.99. The zero-order chi connectivity index (χ0) is 20.8. The first kappa shape index (κ1) is 21.2. The van der Waals surface area contributed by atoms with E-state index < -0.39 is 18.0 Å². The van der Waals surface area contributed by atoms with Gasteiger partial charge in [0.1, 0.15) is 0 Å². The minimum atomic E-state index is -1.05. The van der Waals surface area contributed by atoms with Crippen molar-refractivity contribution in [3.05, 3.63) is 48.0 Å². The van der Waals surface area contributed by atoms with Crippen LogP contribution in [0, 0.1) is 0 Å². The van der Waals surface area contributed by atoms with Crippen LogP contribution in [-0.2, 0) is 19.1 Å². The van der Waals surface area contributed by atoms with Gasteiger partial charge in [0, 0.05) is 28.8 Å². The van der Waals surface area contributed by atoms with Crippen LogP contribution in [0.15, 0.2) is 52.3 Å². The Labute approximate surface area is 176 Å². The van der Waals surface area contributed by atoms with E-state index in [4.69, 9.17) is 9.47 Å². The van der Waals surface area contributed by atoms with Crippen molar-refractivity contribution in [3.8, 4) is 0 Å². The summed E-state index contributed by atoms with van der Waals surface area (Å²) in [5.41, 5.74) is 2.94. The van der Waals surface area contributed by atoms with E-state index in [0.717, 1.165) is 23.5 Å². The quantitative estimate of drug-likeness (QED) is 0.412. The second kappa shape index (κ2) is 9.83. The maximum absolute atomic E-state index is 12.4. The number of anilines is 2. The van der Waals surface area contributed by atoms with Gasteiger partial charge >= 0.3 is 11.9 Å². The molecule has 3 rings (SSSR count). The summed E-state index contributed by atoms with van der Waals surface area (Å²) in [7, 11) is 0. The van der Waals surface area contributed by atoms with Crippen molar-refractivity contribution in [2.24, 2.45) is 0 Å². The zero-order valence-electron chi connectivity index (χ0n) is 17.1. The second-order valence-electron chi connectivity index (χ2n) is 6.90. The van der Waals surface area contributed by atoms with Crippen LogP contribution in [0.25, 0.3) is 0 Å². The van der Waals surface area contributed by atoms with Gasteiger partial charge in [0.15, 0.2) is 0 Å². The number of carbonyl (C=O) groups is 2. The van der Waals surface area contributed by atoms with Crippen LogP contribution in [0.3, 0.4) is 0 Å². The number of nitrogens with zero attached hydrogens (tertiary/aromatic N) is 1. The molecular weight excluding hydrogens is 386 g/mol. The SMILES string of the molecule is CCCCCN1c2ccccc2Sc2cc([C@@H](OC(C)=O)C(=O)OCC)ccc21. The fourth-order valence-corrected chi connectivity index (χ4v) is 4.55. The number of fused-ring (bicyclic) bond motifs is 2. The van der Waals surface area contributed by atoms with E-state index in [9.17, 15) is 9.59 Å². The number of hydrogen-bond acceptors (Lipinski definition) is 6. The van der Waals surface area contributed by atoms with Gasteiger partial charge < -0.3 is 14.4 Å². The molecule has 1 aliphatic rings. The molecule has 0 fully saturated rings. The monoisotopic (exact) mass is 413 g/mol. The van der Waals surface area contributed by atoms with Gasteiger partial charge in [-0.3, -0.25) is 4.79 Å². The van der Waals surface area contributed by atoms with E-state index in [0.29, 0.717) is 5.56 Å². The molecule has 154 valence electrons. The van der Waals surface area contributed by atoms with E-state index in [-0.39, 0.29) is 6.61 Å². The van der Waals surface area contributed by atoms with Crippen LogP contribution < -0.4 is 4.90 Å². The molecule has 5 nitrogen and oxygen atoms in total. The molecule has 1 atom stereocenters. The smallest absolute Gasteiger partial charge is 0.352 e. The fraction of sp³-hybridized carbons (Fsp3) is 0.391. The molecule has 29 heavy (non-hydrogen) atoms. The molecule has 0 bridgehead atoms. The van der Waals surface area contributed by atoms with Gasteiger partial charge in [-0.15, -0.1) is 0 Å². The number of ether oxygens (including phenoxy) is 2. The third kappa shape index (κ3) is 4.93. The van der Waals surface area contributed by atoms with Crippen LogP contribution in [0.4, 0.5) is 11.4 Å². The van der Waals surface area contributed by atoms with Crippen molar-refractivity contribution in [1.29, 1.82) is 0 Å². The number of esters is 2. The Morgan fingerprint density at radius 3 is 2.52 bits per heavy atom.